The fraction of sp³-hybridized carbons (Fsp3) is 0.333. The highest BCUT2D eigenvalue weighted by atomic mass is 79.9. The second-order valence-corrected chi connectivity index (χ2v) is 4.24. The van der Waals surface area contributed by atoms with Gasteiger partial charge >= 0.3 is 0 Å². The number of imide groups is 1. The lowest BCUT2D eigenvalue weighted by atomic mass is 10.1. The van der Waals surface area contributed by atoms with E-state index in [9.17, 15) is 14.4 Å². The number of hydrogen-bond acceptors (Lipinski definition) is 4. The van der Waals surface area contributed by atoms with Gasteiger partial charge < -0.3 is 0 Å². The van der Waals surface area contributed by atoms with Crippen molar-refractivity contribution in [3.63, 3.8) is 0 Å². The smallest absolute Gasteiger partial charge is 0.255 e. The Balaban J connectivity index is 2.34. The third kappa shape index (κ3) is 2.04. The van der Waals surface area contributed by atoms with Crippen LogP contribution < -0.4 is 10.9 Å². The van der Waals surface area contributed by atoms with Crippen LogP contribution in [-0.4, -0.2) is 21.4 Å². The Hall–Kier alpha value is -1.50. The zero-order chi connectivity index (χ0) is 11.7. The van der Waals surface area contributed by atoms with E-state index < -0.39 is 11.9 Å². The molecule has 0 aliphatic carbocycles. The monoisotopic (exact) mass is 285 g/mol. The zero-order valence-corrected chi connectivity index (χ0v) is 9.73. The molecule has 1 aliphatic rings. The summed E-state index contributed by atoms with van der Waals surface area (Å²) in [6.07, 6.45) is 1.86. The quantitative estimate of drug-likeness (QED) is 0.581. The number of amides is 2. The van der Waals surface area contributed by atoms with Gasteiger partial charge in [0.05, 0.1) is 6.33 Å². The number of carbonyl (C=O) groups excluding carboxylic acids is 2. The highest BCUT2D eigenvalue weighted by Gasteiger charge is 2.28. The predicted octanol–water partition coefficient (Wildman–Crippen LogP) is -0.0165. The minimum absolute atomic E-state index is 0.235. The molecule has 1 aromatic rings. The average molecular weight is 286 g/mol. The second kappa shape index (κ2) is 4.17. The Morgan fingerprint density at radius 3 is 2.81 bits per heavy atom. The van der Waals surface area contributed by atoms with Crippen molar-refractivity contribution in [3.05, 3.63) is 27.4 Å². The van der Waals surface area contributed by atoms with Gasteiger partial charge in [0, 0.05) is 12.5 Å². The van der Waals surface area contributed by atoms with Crippen molar-refractivity contribution in [2.24, 2.45) is 0 Å². The molecule has 0 saturated carbocycles. The molecule has 6 nitrogen and oxygen atoms in total. The topological polar surface area (TPSA) is 81.1 Å². The molecule has 2 amide bonds. The van der Waals surface area contributed by atoms with Gasteiger partial charge in [0.25, 0.3) is 5.56 Å². The third-order valence-corrected chi connectivity index (χ3v) is 2.78. The molecule has 2 rings (SSSR count). The maximum atomic E-state index is 11.6. The van der Waals surface area contributed by atoms with E-state index >= 15 is 0 Å². The van der Waals surface area contributed by atoms with Crippen molar-refractivity contribution in [2.75, 3.05) is 0 Å². The molecule has 1 N–H and O–H groups in total. The van der Waals surface area contributed by atoms with Gasteiger partial charge in [-0.2, -0.15) is 0 Å². The highest BCUT2D eigenvalue weighted by molar-refractivity contribution is 9.10. The molecule has 1 atom stereocenters. The van der Waals surface area contributed by atoms with Gasteiger partial charge in [-0.3, -0.25) is 24.3 Å². The Morgan fingerprint density at radius 2 is 2.19 bits per heavy atom. The van der Waals surface area contributed by atoms with Gasteiger partial charge in [0.15, 0.2) is 0 Å². The molecule has 16 heavy (non-hydrogen) atoms. The molecular formula is C9H8BrN3O3. The van der Waals surface area contributed by atoms with Crippen molar-refractivity contribution >= 4 is 27.7 Å². The minimum atomic E-state index is -0.647. The molecule has 1 saturated heterocycles. The number of aromatic nitrogens is 2. The standard InChI is InChI=1S/C9H8BrN3O3/c10-6-3-8(15)13(4-11-6)5-1-2-7(14)12-9(5)16/h3-5H,1-2H2,(H,12,14,16). The maximum absolute atomic E-state index is 11.6. The summed E-state index contributed by atoms with van der Waals surface area (Å²) in [5, 5.41) is 2.19. The van der Waals surface area contributed by atoms with Crippen LogP contribution in [-0.2, 0) is 9.59 Å². The lowest BCUT2D eigenvalue weighted by Gasteiger charge is -2.22. The SMILES string of the molecule is O=C1CCC(n2cnc(Br)cc2=O)C(=O)N1. The highest BCUT2D eigenvalue weighted by Crippen LogP contribution is 2.16. The Morgan fingerprint density at radius 1 is 1.44 bits per heavy atom. The van der Waals surface area contributed by atoms with Crippen LogP contribution in [0.2, 0.25) is 0 Å². The van der Waals surface area contributed by atoms with Gasteiger partial charge in [-0.15, -0.1) is 0 Å². The first-order chi connectivity index (χ1) is 7.58. The van der Waals surface area contributed by atoms with E-state index in [0.717, 1.165) is 0 Å². The van der Waals surface area contributed by atoms with Crippen LogP contribution in [0.15, 0.2) is 21.8 Å². The number of piperidine rings is 1. The van der Waals surface area contributed by atoms with E-state index in [-0.39, 0.29) is 17.9 Å². The van der Waals surface area contributed by atoms with E-state index in [0.29, 0.717) is 11.0 Å². The summed E-state index contributed by atoms with van der Waals surface area (Å²) in [5.74, 6) is -0.762. The van der Waals surface area contributed by atoms with Crippen LogP contribution >= 0.6 is 15.9 Å². The molecule has 2 heterocycles. The Bertz CT molecular complexity index is 511. The van der Waals surface area contributed by atoms with E-state index in [1.165, 1.54) is 17.0 Å². The summed E-state index contributed by atoms with van der Waals surface area (Å²) >= 11 is 3.07. The molecule has 1 unspecified atom stereocenters. The lowest BCUT2D eigenvalue weighted by Crippen LogP contribution is -2.44. The molecule has 0 radical (unpaired) electrons. The summed E-state index contributed by atoms with van der Waals surface area (Å²) in [6.45, 7) is 0. The fourth-order valence-electron chi connectivity index (χ4n) is 1.57. The molecule has 0 spiro atoms. The number of rotatable bonds is 1. The number of hydrogen-bond donors (Lipinski definition) is 1. The van der Waals surface area contributed by atoms with E-state index in [4.69, 9.17) is 0 Å². The van der Waals surface area contributed by atoms with Gasteiger partial charge in [0.2, 0.25) is 11.8 Å². The van der Waals surface area contributed by atoms with Crippen LogP contribution in [0.5, 0.6) is 0 Å². The number of carbonyl (C=O) groups is 2. The molecule has 7 heteroatoms. The van der Waals surface area contributed by atoms with Crippen molar-refractivity contribution in [1.82, 2.24) is 14.9 Å². The average Bonchev–Trinajstić information content (AvgIpc) is 2.19. The summed E-state index contributed by atoms with van der Waals surface area (Å²) in [5.41, 5.74) is -0.323. The maximum Gasteiger partial charge on any atom is 0.255 e. The molecule has 1 fully saturated rings. The first-order valence-corrected chi connectivity index (χ1v) is 5.44. The van der Waals surface area contributed by atoms with Crippen LogP contribution in [0, 0.1) is 0 Å². The largest absolute Gasteiger partial charge is 0.295 e. The van der Waals surface area contributed by atoms with Crippen molar-refractivity contribution in [3.8, 4) is 0 Å². The van der Waals surface area contributed by atoms with E-state index in [1.807, 2.05) is 0 Å². The molecule has 0 aromatic carbocycles. The Labute approximate surface area is 98.8 Å². The minimum Gasteiger partial charge on any atom is -0.295 e. The normalized spacial score (nSPS) is 20.7. The lowest BCUT2D eigenvalue weighted by molar-refractivity contribution is -0.135. The zero-order valence-electron chi connectivity index (χ0n) is 8.14. The summed E-state index contributed by atoms with van der Waals surface area (Å²) in [4.78, 5) is 37.9. The van der Waals surface area contributed by atoms with Gasteiger partial charge in [-0.05, 0) is 22.4 Å². The van der Waals surface area contributed by atoms with Gasteiger partial charge in [-0.25, -0.2) is 4.98 Å². The van der Waals surface area contributed by atoms with Crippen molar-refractivity contribution < 1.29 is 9.59 Å². The number of halogens is 1. The summed E-state index contributed by atoms with van der Waals surface area (Å²) < 4.78 is 1.65. The summed E-state index contributed by atoms with van der Waals surface area (Å²) in [6, 6.07) is 0.634. The fourth-order valence-corrected chi connectivity index (χ4v) is 1.86. The predicted molar refractivity (Wildman–Crippen MR) is 57.6 cm³/mol. The van der Waals surface area contributed by atoms with Gasteiger partial charge in [0.1, 0.15) is 10.6 Å². The molecule has 1 aromatic heterocycles. The molecule has 84 valence electrons. The van der Waals surface area contributed by atoms with Crippen molar-refractivity contribution in [2.45, 2.75) is 18.9 Å². The first kappa shape index (κ1) is 11.0. The van der Waals surface area contributed by atoms with Crippen LogP contribution in [0.1, 0.15) is 18.9 Å². The Kier molecular flexibility index (Phi) is 2.86. The van der Waals surface area contributed by atoms with Crippen molar-refractivity contribution in [1.29, 1.82) is 0 Å². The summed E-state index contributed by atoms with van der Waals surface area (Å²) in [7, 11) is 0. The second-order valence-electron chi connectivity index (χ2n) is 3.42. The van der Waals surface area contributed by atoms with E-state index in [1.54, 1.807) is 0 Å². The van der Waals surface area contributed by atoms with Gasteiger partial charge in [-0.1, -0.05) is 0 Å². The first-order valence-electron chi connectivity index (χ1n) is 4.65. The number of nitrogens with one attached hydrogen (secondary N) is 1. The van der Waals surface area contributed by atoms with Crippen LogP contribution in [0.25, 0.3) is 0 Å². The molecule has 0 bridgehead atoms. The van der Waals surface area contributed by atoms with Crippen LogP contribution in [0.3, 0.4) is 0 Å². The third-order valence-electron chi connectivity index (χ3n) is 2.35. The molecular weight excluding hydrogens is 278 g/mol. The van der Waals surface area contributed by atoms with E-state index in [2.05, 4.69) is 26.2 Å². The molecule has 1 aliphatic heterocycles. The number of nitrogens with zero attached hydrogens (tertiary/aromatic N) is 2. The van der Waals surface area contributed by atoms with Crippen LogP contribution in [0.4, 0.5) is 0 Å².